The maximum Gasteiger partial charge on any atom is 0.243 e. The lowest BCUT2D eigenvalue weighted by Gasteiger charge is -2.23. The summed E-state index contributed by atoms with van der Waals surface area (Å²) in [4.78, 5) is 73.3. The minimum Gasteiger partial charge on any atom is -0.379 e. The second-order valence-corrected chi connectivity index (χ2v) is 13.6. The third-order valence-corrected chi connectivity index (χ3v) is 8.34. The van der Waals surface area contributed by atoms with E-state index in [9.17, 15) is 28.8 Å². The summed E-state index contributed by atoms with van der Waals surface area (Å²) in [5, 5.41) is 7.88. The van der Waals surface area contributed by atoms with Gasteiger partial charge in [-0.2, -0.15) is 0 Å². The van der Waals surface area contributed by atoms with E-state index in [2.05, 4.69) is 16.0 Å². The SMILES string of the molecule is CC(NC(=O)C(NC(=O)CCOCCOCCOCCOCCOCCOCCOCCOCCNC(=O)CCN1C(=O)CC(C(C)C)C1=O)C(C)C)C(N)=O. The van der Waals surface area contributed by atoms with Gasteiger partial charge in [0.2, 0.25) is 35.4 Å². The highest BCUT2D eigenvalue weighted by molar-refractivity contribution is 6.03. The van der Waals surface area contributed by atoms with Gasteiger partial charge in [-0.25, -0.2) is 0 Å². The number of carbonyl (C=O) groups is 6. The lowest BCUT2D eigenvalue weighted by molar-refractivity contribution is -0.140. The van der Waals surface area contributed by atoms with E-state index in [1.165, 1.54) is 11.8 Å². The summed E-state index contributed by atoms with van der Waals surface area (Å²) in [7, 11) is 0. The third kappa shape index (κ3) is 24.4. The van der Waals surface area contributed by atoms with Crippen molar-refractivity contribution in [1.29, 1.82) is 0 Å². The molecule has 0 aromatic heterocycles. The quantitative estimate of drug-likeness (QED) is 0.0447. The van der Waals surface area contributed by atoms with Crippen molar-refractivity contribution in [3.8, 4) is 0 Å². The molecule has 5 N–H and O–H groups in total. The van der Waals surface area contributed by atoms with Gasteiger partial charge in [-0.1, -0.05) is 27.7 Å². The average molecular weight is 806 g/mol. The Labute approximate surface area is 330 Å². The van der Waals surface area contributed by atoms with Crippen LogP contribution in [0.1, 0.15) is 53.9 Å². The molecule has 0 saturated carbocycles. The van der Waals surface area contributed by atoms with E-state index in [4.69, 9.17) is 43.6 Å². The number of likely N-dealkylation sites (tertiary alicyclic amines) is 1. The van der Waals surface area contributed by atoms with Gasteiger partial charge in [0.05, 0.1) is 106 Å². The summed E-state index contributed by atoms with van der Waals surface area (Å²) in [5.74, 6) is -2.49. The van der Waals surface area contributed by atoms with Gasteiger partial charge in [0.1, 0.15) is 12.1 Å². The zero-order chi connectivity index (χ0) is 41.6. The van der Waals surface area contributed by atoms with Gasteiger partial charge >= 0.3 is 0 Å². The Morgan fingerprint density at radius 2 is 1.05 bits per heavy atom. The van der Waals surface area contributed by atoms with Crippen LogP contribution in [0.2, 0.25) is 0 Å². The molecule has 3 atom stereocenters. The van der Waals surface area contributed by atoms with Crippen LogP contribution >= 0.6 is 0 Å². The van der Waals surface area contributed by atoms with E-state index in [0.29, 0.717) is 106 Å². The fourth-order valence-electron chi connectivity index (χ4n) is 4.99. The molecule has 0 aromatic rings. The number of rotatable bonds is 36. The lowest BCUT2D eigenvalue weighted by atomic mass is 9.94. The van der Waals surface area contributed by atoms with Crippen LogP contribution in [-0.2, 0) is 66.7 Å². The number of hydrogen-bond acceptors (Lipinski definition) is 14. The first-order chi connectivity index (χ1) is 26.8. The molecule has 1 aliphatic rings. The molecule has 1 heterocycles. The molecule has 1 aliphatic heterocycles. The molecule has 19 heteroatoms. The van der Waals surface area contributed by atoms with Crippen LogP contribution in [-0.4, -0.2) is 171 Å². The van der Waals surface area contributed by atoms with Crippen molar-refractivity contribution in [2.75, 3.05) is 119 Å². The molecule has 1 rings (SSSR count). The van der Waals surface area contributed by atoms with Crippen molar-refractivity contribution in [3.63, 3.8) is 0 Å². The molecular formula is C37H67N5O14. The second-order valence-electron chi connectivity index (χ2n) is 13.6. The number of hydrogen-bond donors (Lipinski definition) is 4. The van der Waals surface area contributed by atoms with Gasteiger partial charge in [0.15, 0.2) is 0 Å². The lowest BCUT2D eigenvalue weighted by Crippen LogP contribution is -2.54. The van der Waals surface area contributed by atoms with E-state index in [0.717, 1.165) is 0 Å². The number of nitrogens with one attached hydrogen (secondary N) is 3. The summed E-state index contributed by atoms with van der Waals surface area (Å²) < 4.78 is 43.6. The molecule has 3 unspecified atom stereocenters. The standard InChI is InChI=1S/C37H67N5O14/c1-27(2)30-26-33(45)42(37(30)48)9-6-31(43)39-8-11-50-13-15-52-17-19-54-21-23-56-25-24-55-22-20-53-18-16-51-14-12-49-10-7-32(44)41-34(28(3)4)36(47)40-29(5)35(38)46/h27-30,34H,6-26H2,1-5H3,(H2,38,46)(H,39,43)(H,40,47)(H,41,44). The minimum atomic E-state index is -0.837. The molecule has 0 spiro atoms. The van der Waals surface area contributed by atoms with E-state index in [-0.39, 0.29) is 73.8 Å². The van der Waals surface area contributed by atoms with Crippen molar-refractivity contribution in [3.05, 3.63) is 0 Å². The summed E-state index contributed by atoms with van der Waals surface area (Å²) in [6.45, 7) is 15.4. The van der Waals surface area contributed by atoms with Crippen molar-refractivity contribution in [2.24, 2.45) is 23.5 Å². The minimum absolute atomic E-state index is 0.0712. The number of ether oxygens (including phenoxy) is 8. The number of nitrogens with zero attached hydrogens (tertiary/aromatic N) is 1. The second kappa shape index (κ2) is 31.7. The summed E-state index contributed by atoms with van der Waals surface area (Å²) >= 11 is 0. The molecule has 324 valence electrons. The Bertz CT molecular complexity index is 1140. The van der Waals surface area contributed by atoms with Crippen LogP contribution in [0.3, 0.4) is 0 Å². The first-order valence-corrected chi connectivity index (χ1v) is 19.5. The van der Waals surface area contributed by atoms with Crippen molar-refractivity contribution < 1.29 is 66.7 Å². The van der Waals surface area contributed by atoms with Crippen molar-refractivity contribution in [1.82, 2.24) is 20.9 Å². The molecule has 0 bridgehead atoms. The molecule has 1 fully saturated rings. The van der Waals surface area contributed by atoms with Crippen LogP contribution in [0.5, 0.6) is 0 Å². The molecule has 0 aromatic carbocycles. The van der Waals surface area contributed by atoms with Crippen LogP contribution in [0.15, 0.2) is 0 Å². The van der Waals surface area contributed by atoms with E-state index < -0.39 is 23.9 Å². The summed E-state index contributed by atoms with van der Waals surface area (Å²) in [6.07, 6.45) is 0.362. The van der Waals surface area contributed by atoms with Crippen LogP contribution in [0, 0.1) is 17.8 Å². The van der Waals surface area contributed by atoms with Crippen molar-refractivity contribution in [2.45, 2.75) is 66.0 Å². The zero-order valence-electron chi connectivity index (χ0n) is 34.0. The average Bonchev–Trinajstić information content (AvgIpc) is 3.44. The highest BCUT2D eigenvalue weighted by Crippen LogP contribution is 2.26. The normalized spacial score (nSPS) is 15.4. The van der Waals surface area contributed by atoms with E-state index in [1.54, 1.807) is 13.8 Å². The van der Waals surface area contributed by atoms with E-state index in [1.807, 2.05) is 13.8 Å². The van der Waals surface area contributed by atoms with Crippen LogP contribution in [0.25, 0.3) is 0 Å². The van der Waals surface area contributed by atoms with Crippen molar-refractivity contribution >= 4 is 35.4 Å². The molecule has 1 saturated heterocycles. The van der Waals surface area contributed by atoms with Gasteiger partial charge in [0, 0.05) is 38.3 Å². The monoisotopic (exact) mass is 805 g/mol. The molecule has 6 amide bonds. The number of imide groups is 1. The van der Waals surface area contributed by atoms with E-state index >= 15 is 0 Å². The molecule has 0 radical (unpaired) electrons. The maximum atomic E-state index is 12.4. The highest BCUT2D eigenvalue weighted by Gasteiger charge is 2.39. The predicted molar refractivity (Wildman–Crippen MR) is 202 cm³/mol. The van der Waals surface area contributed by atoms with Gasteiger partial charge < -0.3 is 59.6 Å². The third-order valence-electron chi connectivity index (χ3n) is 8.34. The predicted octanol–water partition coefficient (Wildman–Crippen LogP) is -0.822. The Morgan fingerprint density at radius 1 is 0.625 bits per heavy atom. The summed E-state index contributed by atoms with van der Waals surface area (Å²) in [6, 6.07) is -1.63. The topological polar surface area (TPSA) is 242 Å². The Balaban J connectivity index is 1.80. The number of nitrogens with two attached hydrogens (primary N) is 1. The van der Waals surface area contributed by atoms with Gasteiger partial charge in [0.25, 0.3) is 0 Å². The maximum absolute atomic E-state index is 12.4. The largest absolute Gasteiger partial charge is 0.379 e. The van der Waals surface area contributed by atoms with Crippen LogP contribution < -0.4 is 21.7 Å². The first-order valence-electron chi connectivity index (χ1n) is 19.5. The molecule has 19 nitrogen and oxygen atoms in total. The smallest absolute Gasteiger partial charge is 0.243 e. The number of carbonyl (C=O) groups excluding carboxylic acids is 6. The van der Waals surface area contributed by atoms with Crippen LogP contribution in [0.4, 0.5) is 0 Å². The first kappa shape index (κ1) is 50.7. The van der Waals surface area contributed by atoms with Gasteiger partial charge in [-0.3, -0.25) is 33.7 Å². The number of primary amides is 1. The fraction of sp³-hybridized carbons (Fsp3) is 0.838. The summed E-state index contributed by atoms with van der Waals surface area (Å²) in [5.41, 5.74) is 5.18. The molecule has 0 aliphatic carbocycles. The fourth-order valence-corrected chi connectivity index (χ4v) is 4.99. The zero-order valence-corrected chi connectivity index (χ0v) is 34.0. The number of amides is 6. The Morgan fingerprint density at radius 3 is 1.45 bits per heavy atom. The molecular weight excluding hydrogens is 738 g/mol. The Kier molecular flexibility index (Phi) is 28.8. The van der Waals surface area contributed by atoms with Gasteiger partial charge in [-0.05, 0) is 18.8 Å². The highest BCUT2D eigenvalue weighted by atomic mass is 16.6. The Hall–Kier alpha value is -3.30. The van der Waals surface area contributed by atoms with Gasteiger partial charge in [-0.15, -0.1) is 0 Å². The molecule has 56 heavy (non-hydrogen) atoms.